The highest BCUT2D eigenvalue weighted by atomic mass is 32.2. The summed E-state index contributed by atoms with van der Waals surface area (Å²) in [6.07, 6.45) is 4.91. The predicted molar refractivity (Wildman–Crippen MR) is 103 cm³/mol. The lowest BCUT2D eigenvalue weighted by Crippen LogP contribution is -2.50. The van der Waals surface area contributed by atoms with Gasteiger partial charge in [0.25, 0.3) is 0 Å². The molecule has 6 nitrogen and oxygen atoms in total. The standard InChI is InChI=1S/C16H32N4O2S2/c1-3-12-24(21,22)20-8-4-15(5-9-20)19-16(17-2)18-13-14-6-10-23-11-7-14/h14-15H,3-13H2,1-2H3,(H2,17,18,19). The summed E-state index contributed by atoms with van der Waals surface area (Å²) in [5.74, 6) is 4.38. The van der Waals surface area contributed by atoms with Crippen molar-refractivity contribution in [1.29, 1.82) is 0 Å². The Bertz CT molecular complexity index is 496. The minimum Gasteiger partial charge on any atom is -0.356 e. The Morgan fingerprint density at radius 2 is 1.88 bits per heavy atom. The van der Waals surface area contributed by atoms with Gasteiger partial charge in [-0.1, -0.05) is 6.92 Å². The molecule has 24 heavy (non-hydrogen) atoms. The van der Waals surface area contributed by atoms with Crippen molar-refractivity contribution in [2.75, 3.05) is 43.9 Å². The van der Waals surface area contributed by atoms with E-state index in [-0.39, 0.29) is 5.75 Å². The Morgan fingerprint density at radius 1 is 1.21 bits per heavy atom. The Hall–Kier alpha value is -0.470. The van der Waals surface area contributed by atoms with Crippen molar-refractivity contribution in [2.45, 2.75) is 45.1 Å². The SMILES string of the molecule is CCCS(=O)(=O)N1CCC(NC(=NC)NCC2CCSCC2)CC1. The minimum absolute atomic E-state index is 0.258. The summed E-state index contributed by atoms with van der Waals surface area (Å²) in [5.41, 5.74) is 0. The molecule has 2 aliphatic rings. The molecular formula is C16H32N4O2S2. The van der Waals surface area contributed by atoms with Gasteiger partial charge in [-0.15, -0.1) is 0 Å². The van der Waals surface area contributed by atoms with E-state index in [1.165, 1.54) is 24.3 Å². The average Bonchev–Trinajstić information content (AvgIpc) is 2.60. The van der Waals surface area contributed by atoms with E-state index in [0.29, 0.717) is 25.6 Å². The lowest BCUT2D eigenvalue weighted by atomic mass is 10.0. The Morgan fingerprint density at radius 3 is 2.46 bits per heavy atom. The molecule has 0 atom stereocenters. The maximum Gasteiger partial charge on any atom is 0.214 e. The van der Waals surface area contributed by atoms with Gasteiger partial charge in [0.05, 0.1) is 5.75 Å². The number of rotatable bonds is 6. The zero-order chi connectivity index (χ0) is 17.4. The number of hydrogen-bond donors (Lipinski definition) is 2. The first-order valence-corrected chi connectivity index (χ1v) is 11.8. The van der Waals surface area contributed by atoms with E-state index in [2.05, 4.69) is 15.6 Å². The number of nitrogens with zero attached hydrogens (tertiary/aromatic N) is 2. The average molecular weight is 377 g/mol. The van der Waals surface area contributed by atoms with Crippen molar-refractivity contribution in [3.05, 3.63) is 0 Å². The first kappa shape index (κ1) is 19.8. The molecule has 2 heterocycles. The number of sulfonamides is 1. The molecule has 2 N–H and O–H groups in total. The van der Waals surface area contributed by atoms with Crippen LogP contribution in [0.4, 0.5) is 0 Å². The predicted octanol–water partition coefficient (Wildman–Crippen LogP) is 1.50. The van der Waals surface area contributed by atoms with Crippen molar-refractivity contribution in [2.24, 2.45) is 10.9 Å². The third-order valence-electron chi connectivity index (χ3n) is 4.77. The van der Waals surface area contributed by atoms with Crippen LogP contribution in [-0.2, 0) is 10.0 Å². The molecule has 0 saturated carbocycles. The fourth-order valence-electron chi connectivity index (χ4n) is 3.24. The van der Waals surface area contributed by atoms with Crippen molar-refractivity contribution in [1.82, 2.24) is 14.9 Å². The van der Waals surface area contributed by atoms with E-state index in [1.54, 1.807) is 11.4 Å². The van der Waals surface area contributed by atoms with Crippen LogP contribution in [0.3, 0.4) is 0 Å². The number of aliphatic imine (C=N–C) groups is 1. The second kappa shape index (κ2) is 9.87. The van der Waals surface area contributed by atoms with Gasteiger partial charge in [-0.25, -0.2) is 12.7 Å². The molecule has 2 saturated heterocycles. The van der Waals surface area contributed by atoms with Gasteiger partial charge in [0.2, 0.25) is 10.0 Å². The van der Waals surface area contributed by atoms with Crippen LogP contribution in [0.15, 0.2) is 4.99 Å². The molecule has 8 heteroatoms. The zero-order valence-electron chi connectivity index (χ0n) is 15.0. The molecule has 0 spiro atoms. The molecule has 0 bridgehead atoms. The van der Waals surface area contributed by atoms with Crippen molar-refractivity contribution in [3.8, 4) is 0 Å². The largest absolute Gasteiger partial charge is 0.356 e. The van der Waals surface area contributed by atoms with E-state index >= 15 is 0 Å². The summed E-state index contributed by atoms with van der Waals surface area (Å²) in [6, 6.07) is 0.297. The van der Waals surface area contributed by atoms with Gasteiger partial charge in [-0.05, 0) is 49.5 Å². The van der Waals surface area contributed by atoms with E-state index in [1.807, 2.05) is 18.7 Å². The third-order valence-corrected chi connectivity index (χ3v) is 7.90. The molecule has 0 unspecified atom stereocenters. The minimum atomic E-state index is -3.06. The topological polar surface area (TPSA) is 73.8 Å². The molecule has 0 aromatic heterocycles. The van der Waals surface area contributed by atoms with Gasteiger partial charge in [-0.3, -0.25) is 4.99 Å². The van der Waals surface area contributed by atoms with Gasteiger partial charge < -0.3 is 10.6 Å². The first-order chi connectivity index (χ1) is 11.5. The summed E-state index contributed by atoms with van der Waals surface area (Å²) >= 11 is 2.05. The van der Waals surface area contributed by atoms with Gasteiger partial charge in [-0.2, -0.15) is 11.8 Å². The molecule has 0 amide bonds. The van der Waals surface area contributed by atoms with Crippen LogP contribution in [0, 0.1) is 5.92 Å². The third kappa shape index (κ3) is 6.11. The monoisotopic (exact) mass is 376 g/mol. The Balaban J connectivity index is 1.73. The summed E-state index contributed by atoms with van der Waals surface area (Å²) in [5, 5.41) is 6.91. The van der Waals surface area contributed by atoms with Gasteiger partial charge in [0, 0.05) is 32.7 Å². The van der Waals surface area contributed by atoms with Crippen molar-refractivity contribution >= 4 is 27.7 Å². The molecule has 2 aliphatic heterocycles. The summed E-state index contributed by atoms with van der Waals surface area (Å²) in [4.78, 5) is 4.32. The molecule has 0 aliphatic carbocycles. The van der Waals surface area contributed by atoms with Crippen LogP contribution in [0.5, 0.6) is 0 Å². The fourth-order valence-corrected chi connectivity index (χ4v) is 5.99. The quantitative estimate of drug-likeness (QED) is 0.543. The maximum absolute atomic E-state index is 12.1. The number of nitrogens with one attached hydrogen (secondary N) is 2. The molecule has 0 radical (unpaired) electrons. The second-order valence-electron chi connectivity index (χ2n) is 6.64. The molecular weight excluding hydrogens is 344 g/mol. The highest BCUT2D eigenvalue weighted by molar-refractivity contribution is 7.99. The lowest BCUT2D eigenvalue weighted by Gasteiger charge is -2.32. The highest BCUT2D eigenvalue weighted by Gasteiger charge is 2.27. The normalized spacial score (nSPS) is 22.5. The number of piperidine rings is 1. The van der Waals surface area contributed by atoms with E-state index in [4.69, 9.17) is 0 Å². The van der Waals surface area contributed by atoms with E-state index in [0.717, 1.165) is 31.3 Å². The number of hydrogen-bond acceptors (Lipinski definition) is 4. The van der Waals surface area contributed by atoms with Crippen LogP contribution in [0.2, 0.25) is 0 Å². The Kier molecular flexibility index (Phi) is 8.16. The van der Waals surface area contributed by atoms with Crippen LogP contribution >= 0.6 is 11.8 Å². The van der Waals surface area contributed by atoms with Gasteiger partial charge in [0.1, 0.15) is 0 Å². The Labute approximate surface area is 151 Å². The summed E-state index contributed by atoms with van der Waals surface area (Å²) in [7, 11) is -1.26. The van der Waals surface area contributed by atoms with Crippen molar-refractivity contribution in [3.63, 3.8) is 0 Å². The maximum atomic E-state index is 12.1. The van der Waals surface area contributed by atoms with Crippen molar-refractivity contribution < 1.29 is 8.42 Å². The lowest BCUT2D eigenvalue weighted by molar-refractivity contribution is 0.305. The first-order valence-electron chi connectivity index (χ1n) is 9.08. The molecule has 0 aromatic carbocycles. The molecule has 140 valence electrons. The van der Waals surface area contributed by atoms with Crippen LogP contribution in [0.25, 0.3) is 0 Å². The van der Waals surface area contributed by atoms with Gasteiger partial charge >= 0.3 is 0 Å². The number of guanidine groups is 1. The summed E-state index contributed by atoms with van der Waals surface area (Å²) in [6.45, 7) is 4.10. The molecule has 2 fully saturated rings. The van der Waals surface area contributed by atoms with Crippen LogP contribution in [0.1, 0.15) is 39.0 Å². The fraction of sp³-hybridized carbons (Fsp3) is 0.938. The highest BCUT2D eigenvalue weighted by Crippen LogP contribution is 2.21. The molecule has 2 rings (SSSR count). The number of thioether (sulfide) groups is 1. The second-order valence-corrected chi connectivity index (χ2v) is 9.96. The molecule has 0 aromatic rings. The van der Waals surface area contributed by atoms with Crippen LogP contribution in [-0.4, -0.2) is 68.7 Å². The smallest absolute Gasteiger partial charge is 0.214 e. The van der Waals surface area contributed by atoms with Crippen LogP contribution < -0.4 is 10.6 Å². The van der Waals surface area contributed by atoms with Gasteiger partial charge in [0.15, 0.2) is 5.96 Å². The summed E-state index contributed by atoms with van der Waals surface area (Å²) < 4.78 is 25.9. The van der Waals surface area contributed by atoms with E-state index < -0.39 is 10.0 Å². The van der Waals surface area contributed by atoms with E-state index in [9.17, 15) is 8.42 Å². The zero-order valence-corrected chi connectivity index (χ0v) is 16.6.